The number of benzene rings is 1. The molecule has 0 aliphatic heterocycles. The molecule has 1 aliphatic rings. The van der Waals surface area contributed by atoms with Gasteiger partial charge in [0.2, 0.25) is 5.91 Å². The lowest BCUT2D eigenvalue weighted by Gasteiger charge is -2.21. The molecule has 118 valence electrons. The highest BCUT2D eigenvalue weighted by atomic mass is 35.5. The van der Waals surface area contributed by atoms with Crippen molar-refractivity contribution in [2.45, 2.75) is 25.3 Å². The van der Waals surface area contributed by atoms with Crippen LogP contribution < -0.4 is 5.73 Å². The largest absolute Gasteiger partial charge is 0.379 e. The van der Waals surface area contributed by atoms with E-state index in [2.05, 4.69) is 0 Å². The third kappa shape index (κ3) is 6.46. The van der Waals surface area contributed by atoms with Gasteiger partial charge in [-0.05, 0) is 30.7 Å². The normalized spacial score (nSPS) is 15.1. The number of nitrogens with two attached hydrogens (primary N) is 1. The van der Waals surface area contributed by atoms with Gasteiger partial charge in [-0.3, -0.25) is 4.79 Å². The Morgan fingerprint density at radius 3 is 2.67 bits per heavy atom. The molecule has 4 nitrogen and oxygen atoms in total. The Bertz CT molecular complexity index is 424. The van der Waals surface area contributed by atoms with E-state index in [4.69, 9.17) is 10.5 Å². The molecule has 1 saturated carbocycles. The van der Waals surface area contributed by atoms with E-state index in [9.17, 15) is 4.79 Å². The fourth-order valence-corrected chi connectivity index (χ4v) is 2.08. The van der Waals surface area contributed by atoms with Gasteiger partial charge in [0.05, 0.1) is 12.6 Å². The molecule has 1 atom stereocenters. The van der Waals surface area contributed by atoms with Crippen LogP contribution in [0.3, 0.4) is 0 Å². The van der Waals surface area contributed by atoms with Crippen molar-refractivity contribution in [3.63, 3.8) is 0 Å². The van der Waals surface area contributed by atoms with Crippen LogP contribution in [0, 0.1) is 5.92 Å². The monoisotopic (exact) mass is 312 g/mol. The highest BCUT2D eigenvalue weighted by molar-refractivity contribution is 5.85. The summed E-state index contributed by atoms with van der Waals surface area (Å²) < 4.78 is 5.54. The van der Waals surface area contributed by atoms with E-state index in [1.54, 1.807) is 11.9 Å². The minimum Gasteiger partial charge on any atom is -0.379 e. The van der Waals surface area contributed by atoms with E-state index in [1.807, 2.05) is 30.3 Å². The number of hydrogen-bond donors (Lipinski definition) is 1. The number of hydrogen-bond acceptors (Lipinski definition) is 3. The van der Waals surface area contributed by atoms with Crippen LogP contribution in [0.5, 0.6) is 0 Å². The van der Waals surface area contributed by atoms with E-state index >= 15 is 0 Å². The fraction of sp³-hybridized carbons (Fsp3) is 0.562. The van der Waals surface area contributed by atoms with Gasteiger partial charge in [-0.2, -0.15) is 0 Å². The van der Waals surface area contributed by atoms with Gasteiger partial charge in [-0.1, -0.05) is 30.3 Å². The Balaban J connectivity index is 0.00000220. The molecule has 1 aromatic rings. The van der Waals surface area contributed by atoms with E-state index in [1.165, 1.54) is 12.8 Å². The van der Waals surface area contributed by atoms with Gasteiger partial charge in [-0.25, -0.2) is 0 Å². The zero-order valence-corrected chi connectivity index (χ0v) is 13.3. The predicted molar refractivity (Wildman–Crippen MR) is 86.5 cm³/mol. The molecule has 1 unspecified atom stereocenters. The number of likely N-dealkylation sites (N-methyl/N-ethyl adjacent to an activating group) is 1. The number of carbonyl (C=O) groups excluding carboxylic acids is 1. The summed E-state index contributed by atoms with van der Waals surface area (Å²) in [4.78, 5) is 13.8. The van der Waals surface area contributed by atoms with Crippen molar-refractivity contribution in [1.29, 1.82) is 0 Å². The maximum atomic E-state index is 12.1. The summed E-state index contributed by atoms with van der Waals surface area (Å²) in [6.07, 6.45) is 3.15. The van der Waals surface area contributed by atoms with Crippen LogP contribution in [0.1, 0.15) is 18.4 Å². The van der Waals surface area contributed by atoms with Crippen molar-refractivity contribution in [2.24, 2.45) is 11.7 Å². The number of halogens is 1. The molecule has 0 bridgehead atoms. The quantitative estimate of drug-likeness (QED) is 0.746. The van der Waals surface area contributed by atoms with Crippen molar-refractivity contribution in [3.05, 3.63) is 35.9 Å². The van der Waals surface area contributed by atoms with Crippen LogP contribution in [0.25, 0.3) is 0 Å². The van der Waals surface area contributed by atoms with Crippen LogP contribution in [0.15, 0.2) is 30.3 Å². The average Bonchev–Trinajstić information content (AvgIpc) is 3.27. The lowest BCUT2D eigenvalue weighted by molar-refractivity contribution is -0.131. The Hall–Kier alpha value is -1.10. The number of ether oxygens (including phenoxy) is 1. The topological polar surface area (TPSA) is 55.6 Å². The summed E-state index contributed by atoms with van der Waals surface area (Å²) in [6.45, 7) is 2.03. The highest BCUT2D eigenvalue weighted by Gasteiger charge is 2.22. The first-order chi connectivity index (χ1) is 9.66. The Kier molecular flexibility index (Phi) is 7.72. The van der Waals surface area contributed by atoms with Gasteiger partial charge in [-0.15, -0.1) is 12.4 Å². The smallest absolute Gasteiger partial charge is 0.239 e. The molecule has 1 amide bonds. The van der Waals surface area contributed by atoms with Crippen molar-refractivity contribution in [3.8, 4) is 0 Å². The molecule has 1 aliphatic carbocycles. The summed E-state index contributed by atoms with van der Waals surface area (Å²) in [5, 5.41) is 0. The van der Waals surface area contributed by atoms with Crippen LogP contribution in [0.2, 0.25) is 0 Å². The third-order valence-corrected chi connectivity index (χ3v) is 3.61. The van der Waals surface area contributed by atoms with Crippen molar-refractivity contribution >= 4 is 18.3 Å². The maximum absolute atomic E-state index is 12.1. The second kappa shape index (κ2) is 9.03. The molecule has 2 rings (SSSR count). The van der Waals surface area contributed by atoms with E-state index in [0.717, 1.165) is 18.1 Å². The molecular weight excluding hydrogens is 288 g/mol. The lowest BCUT2D eigenvalue weighted by atomic mass is 10.1. The minimum absolute atomic E-state index is 0. The zero-order valence-electron chi connectivity index (χ0n) is 12.5. The van der Waals surface area contributed by atoms with E-state index in [0.29, 0.717) is 19.6 Å². The standard InChI is InChI=1S/C16H24N2O2.ClH/c1-18(9-10-20-12-14-7-8-14)16(19)15(17)11-13-5-3-2-4-6-13;/h2-6,14-15H,7-12,17H2,1H3;1H. The van der Waals surface area contributed by atoms with Crippen LogP contribution in [-0.2, 0) is 16.0 Å². The zero-order chi connectivity index (χ0) is 14.4. The first kappa shape index (κ1) is 18.0. The van der Waals surface area contributed by atoms with Crippen LogP contribution >= 0.6 is 12.4 Å². The van der Waals surface area contributed by atoms with Crippen molar-refractivity contribution in [2.75, 3.05) is 26.8 Å². The van der Waals surface area contributed by atoms with Gasteiger partial charge in [0, 0.05) is 20.2 Å². The highest BCUT2D eigenvalue weighted by Crippen LogP contribution is 2.28. The van der Waals surface area contributed by atoms with Crippen LogP contribution in [0.4, 0.5) is 0 Å². The molecular formula is C16H25ClN2O2. The average molecular weight is 313 g/mol. The van der Waals surface area contributed by atoms with Crippen molar-refractivity contribution < 1.29 is 9.53 Å². The summed E-state index contributed by atoms with van der Waals surface area (Å²) in [6, 6.07) is 9.38. The van der Waals surface area contributed by atoms with Gasteiger partial charge >= 0.3 is 0 Å². The second-order valence-electron chi connectivity index (χ2n) is 5.57. The van der Waals surface area contributed by atoms with Gasteiger partial charge < -0.3 is 15.4 Å². The molecule has 1 aromatic carbocycles. The summed E-state index contributed by atoms with van der Waals surface area (Å²) in [7, 11) is 1.79. The Labute approximate surface area is 133 Å². The van der Waals surface area contributed by atoms with Gasteiger partial charge in [0.15, 0.2) is 0 Å². The fourth-order valence-electron chi connectivity index (χ4n) is 2.08. The molecule has 0 aromatic heterocycles. The molecule has 0 radical (unpaired) electrons. The van der Waals surface area contributed by atoms with Crippen LogP contribution in [-0.4, -0.2) is 43.7 Å². The Morgan fingerprint density at radius 1 is 1.38 bits per heavy atom. The minimum atomic E-state index is -0.481. The first-order valence-corrected chi connectivity index (χ1v) is 7.29. The van der Waals surface area contributed by atoms with E-state index in [-0.39, 0.29) is 18.3 Å². The summed E-state index contributed by atoms with van der Waals surface area (Å²) in [5.41, 5.74) is 7.07. The third-order valence-electron chi connectivity index (χ3n) is 3.61. The summed E-state index contributed by atoms with van der Waals surface area (Å²) >= 11 is 0. The molecule has 2 N–H and O–H groups in total. The van der Waals surface area contributed by atoms with Gasteiger partial charge in [0.1, 0.15) is 0 Å². The number of nitrogens with zero attached hydrogens (tertiary/aromatic N) is 1. The first-order valence-electron chi connectivity index (χ1n) is 7.29. The number of carbonyl (C=O) groups is 1. The SMILES string of the molecule is CN(CCOCC1CC1)C(=O)C(N)Cc1ccccc1.Cl. The van der Waals surface area contributed by atoms with Crippen molar-refractivity contribution in [1.82, 2.24) is 4.90 Å². The van der Waals surface area contributed by atoms with E-state index < -0.39 is 6.04 Å². The number of amides is 1. The molecule has 5 heteroatoms. The maximum Gasteiger partial charge on any atom is 0.239 e. The molecule has 0 spiro atoms. The molecule has 0 heterocycles. The lowest BCUT2D eigenvalue weighted by Crippen LogP contribution is -2.44. The predicted octanol–water partition coefficient (Wildman–Crippen LogP) is 1.86. The Morgan fingerprint density at radius 2 is 2.05 bits per heavy atom. The molecule has 0 saturated heterocycles. The second-order valence-corrected chi connectivity index (χ2v) is 5.57. The van der Waals surface area contributed by atoms with Gasteiger partial charge in [0.25, 0.3) is 0 Å². The summed E-state index contributed by atoms with van der Waals surface area (Å²) in [5.74, 6) is 0.736. The number of rotatable bonds is 8. The molecule has 21 heavy (non-hydrogen) atoms. The molecule has 1 fully saturated rings.